The number of carbonyl (C=O) groups excluding carboxylic acids is 4. The first-order chi connectivity index (χ1) is 49.7. The van der Waals surface area contributed by atoms with Gasteiger partial charge >= 0.3 is 38.0 Å². The zero-order valence-electron chi connectivity index (χ0n) is 60.7. The van der Waals surface area contributed by atoms with Crippen molar-refractivity contribution in [2.24, 2.45) is 0 Å². The molecule has 0 bridgehead atoms. The van der Waals surface area contributed by atoms with E-state index in [9.17, 15) is 43.9 Å². The molecule has 106 heavy (non-hydrogen) atoms. The molecule has 3 aliphatic heterocycles. The van der Waals surface area contributed by atoms with Crippen molar-refractivity contribution in [3.05, 3.63) is 118 Å². The summed E-state index contributed by atoms with van der Waals surface area (Å²) < 4.78 is 178. The third-order valence-corrected chi connectivity index (χ3v) is 22.7. The van der Waals surface area contributed by atoms with E-state index in [-0.39, 0.29) is 71.6 Å². The average molecular weight is 1590 g/mol. The number of pyridine rings is 1. The van der Waals surface area contributed by atoms with E-state index in [2.05, 4.69) is 89.1 Å². The summed E-state index contributed by atoms with van der Waals surface area (Å²) in [5, 5.41) is 12.3. The van der Waals surface area contributed by atoms with Gasteiger partial charge in [-0.2, -0.15) is 22.6 Å². The topological polar surface area (TPSA) is 452 Å². The van der Waals surface area contributed by atoms with Gasteiger partial charge in [0.25, 0.3) is 10.1 Å². The molecule has 9 rings (SSSR count). The van der Waals surface area contributed by atoms with Crippen molar-refractivity contribution in [2.75, 3.05) is 49.2 Å². The second kappa shape index (κ2) is 40.1. The van der Waals surface area contributed by atoms with E-state index in [1.54, 1.807) is 19.1 Å². The Morgan fingerprint density at radius 2 is 1.42 bits per heavy atom. The van der Waals surface area contributed by atoms with Crippen molar-refractivity contribution in [2.45, 2.75) is 210 Å². The summed E-state index contributed by atoms with van der Waals surface area (Å²) in [5.74, 6) is 0.927. The number of unbranched alkanes of at least 4 members (excludes halogenated alkanes) is 5. The zero-order valence-corrected chi connectivity index (χ0v) is 65.6. The summed E-state index contributed by atoms with van der Waals surface area (Å²) in [6, 6.07) is 19.3. The molecule has 2 aromatic heterocycles. The van der Waals surface area contributed by atoms with E-state index in [4.69, 9.17) is 52.5 Å². The quantitative estimate of drug-likeness (QED) is 0.0183. The summed E-state index contributed by atoms with van der Waals surface area (Å²) in [6.07, 6.45) is 17.6. The molecule has 0 fully saturated rings. The highest BCUT2D eigenvalue weighted by Gasteiger charge is 2.48. The average Bonchev–Trinajstić information content (AvgIpc) is 1.54. The number of anilines is 2. The Balaban J connectivity index is 0.00000123. The molecule has 5 heterocycles. The van der Waals surface area contributed by atoms with E-state index >= 15 is 0 Å². The number of hydrogen-bond donors (Lipinski definition) is 4. The Morgan fingerprint density at radius 1 is 0.792 bits per heavy atom. The molecule has 0 radical (unpaired) electrons. The number of benzene rings is 4. The normalized spacial score (nSPS) is 15.2. The number of sulfonamides is 1. The number of fused-ring (bicyclic) bond motifs is 7. The summed E-state index contributed by atoms with van der Waals surface area (Å²) in [4.78, 5) is 59.3. The van der Waals surface area contributed by atoms with E-state index in [1.807, 2.05) is 49.6 Å². The molecular formula is C70H93N9O21S6. The Kier molecular flexibility index (Phi) is 33.5. The lowest BCUT2D eigenvalue weighted by molar-refractivity contribution is -0.439. The molecule has 0 aliphatic carbocycles. The summed E-state index contributed by atoms with van der Waals surface area (Å²) in [7, 11) is -20.8. The maximum Gasteiger partial charge on any atom is 0.425 e. The fourth-order valence-electron chi connectivity index (χ4n) is 14.3. The van der Waals surface area contributed by atoms with Crippen LogP contribution in [0.5, 0.6) is 0 Å². The highest BCUT2D eigenvalue weighted by atomic mass is 32.2. The zero-order chi connectivity index (χ0) is 79.1. The summed E-state index contributed by atoms with van der Waals surface area (Å²) in [6.45, 7) is 18.9. The number of rotatable bonds is 31. The molecule has 0 spiro atoms. The lowest BCUT2D eigenvalue weighted by atomic mass is 9.76. The first-order valence-corrected chi connectivity index (χ1v) is 42.0. The monoisotopic (exact) mass is 1590 g/mol. The van der Waals surface area contributed by atoms with Crippen molar-refractivity contribution >= 4 is 125 Å². The lowest BCUT2D eigenvalue weighted by Gasteiger charge is -2.35. The maximum atomic E-state index is 14.5. The molecule has 4 N–H and O–H groups in total. The van der Waals surface area contributed by atoms with Gasteiger partial charge in [0.05, 0.1) is 25.3 Å². The van der Waals surface area contributed by atoms with E-state index in [0.717, 1.165) is 164 Å². The predicted molar refractivity (Wildman–Crippen MR) is 393 cm³/mol. The standard InChI is InChI=1S/C69H93N9O10S3.CO2.3O3S/c1-10-37-77-59-35-33-54-55(64(59)68(5,6)61(77)27-16-13-17-28-62-69(7,8)65-56-42-53(91(86,87)88)32-30-49(56)31-34-58(65)78(62)39-21-40-89(81,82)83)24-18-26-60(54)90(84,85)76(9)38-20-29-63(79)74-47(3)67(80)73-43-51-41-50-23-19-36-70-66(50)75-57(51)25-15-12-11-14-22-46(2)52-44-71-48(4)72-45-52;2-1-3;3*1-4(2)3/h18,24,26,30-35,41-42,44-47,61H,10-17,19-23,25,27-29,36-40,43H2,1-9H3,(H4-,70,73,74,75,79,80,81,82,83,86,87,88);;;;/t46-,47?,61?;;;;/m1..../s1. The van der Waals surface area contributed by atoms with E-state index in [1.165, 1.54) is 29.0 Å². The van der Waals surface area contributed by atoms with Crippen LogP contribution < -0.4 is 20.9 Å². The van der Waals surface area contributed by atoms with E-state index < -0.39 is 79.3 Å². The Morgan fingerprint density at radius 3 is 2.05 bits per heavy atom. The molecule has 4 aromatic carbocycles. The van der Waals surface area contributed by atoms with Gasteiger partial charge in [0.2, 0.25) is 27.5 Å². The Bertz CT molecular complexity index is 4840. The van der Waals surface area contributed by atoms with Gasteiger partial charge in [-0.05, 0) is 166 Å². The van der Waals surface area contributed by atoms with Crippen LogP contribution in [0.15, 0.2) is 88.9 Å². The van der Waals surface area contributed by atoms with Gasteiger partial charge < -0.3 is 25.4 Å². The molecule has 580 valence electrons. The van der Waals surface area contributed by atoms with Gasteiger partial charge in [0, 0.05) is 110 Å². The highest BCUT2D eigenvalue weighted by molar-refractivity contribution is 7.89. The molecule has 3 aliphatic rings. The molecule has 0 saturated heterocycles. The van der Waals surface area contributed by atoms with Gasteiger partial charge in [0.15, 0.2) is 5.71 Å². The molecule has 2 amide bonds. The number of aryl methyl sites for hydroxylation is 3. The van der Waals surface area contributed by atoms with Crippen LogP contribution >= 0.6 is 0 Å². The summed E-state index contributed by atoms with van der Waals surface area (Å²) in [5.41, 5.74) is 8.24. The smallest absolute Gasteiger partial charge is 0.425 e. The van der Waals surface area contributed by atoms with Crippen molar-refractivity contribution < 1.29 is 96.0 Å². The predicted octanol–water partition coefficient (Wildman–Crippen LogP) is 7.85. The molecule has 6 aromatic rings. The number of amides is 2. The Labute approximate surface area is 623 Å². The molecule has 2 unspecified atom stereocenters. The van der Waals surface area contributed by atoms with Crippen LogP contribution in [-0.4, -0.2) is 171 Å². The largest absolute Gasteiger partial charge is 0.748 e. The highest BCUT2D eigenvalue weighted by Crippen LogP contribution is 2.51. The Hall–Kier alpha value is -8.19. The number of hydrogen-bond acceptors (Lipinski definition) is 25. The number of nitrogens with one attached hydrogen (secondary N) is 3. The van der Waals surface area contributed by atoms with Crippen LogP contribution in [0.25, 0.3) is 21.5 Å². The van der Waals surface area contributed by atoms with Crippen molar-refractivity contribution in [3.63, 3.8) is 0 Å². The van der Waals surface area contributed by atoms with Crippen LogP contribution in [0.3, 0.4) is 0 Å². The van der Waals surface area contributed by atoms with Gasteiger partial charge in [-0.3, -0.25) is 14.1 Å². The molecule has 30 nitrogen and oxygen atoms in total. The fraction of sp³-hybridized carbons (Fsp3) is 0.529. The molecule has 36 heteroatoms. The van der Waals surface area contributed by atoms with Crippen LogP contribution in [0.4, 0.5) is 17.2 Å². The van der Waals surface area contributed by atoms with Crippen molar-refractivity contribution in [3.8, 4) is 0 Å². The number of nitrogens with zero attached hydrogens (tertiary/aromatic N) is 6. The number of aromatic nitrogens is 3. The molecule has 0 saturated carbocycles. The lowest BCUT2D eigenvalue weighted by Crippen LogP contribution is -2.44. The fourth-order valence-corrected chi connectivity index (χ4v) is 16.7. The first kappa shape index (κ1) is 88.4. The van der Waals surface area contributed by atoms with Gasteiger partial charge in [-0.15, -0.1) is 37.9 Å². The van der Waals surface area contributed by atoms with Crippen molar-refractivity contribution in [1.29, 1.82) is 0 Å². The maximum absolute atomic E-state index is 14.5. The van der Waals surface area contributed by atoms with Crippen molar-refractivity contribution in [1.82, 2.24) is 29.9 Å². The molecular weight excluding hydrogens is 1500 g/mol. The molecule has 3 atom stereocenters. The second-order valence-electron chi connectivity index (χ2n) is 27.2. The third-order valence-electron chi connectivity index (χ3n) is 19.2. The van der Waals surface area contributed by atoms with Crippen LogP contribution in [0.2, 0.25) is 0 Å². The minimum Gasteiger partial charge on any atom is -0.748 e. The van der Waals surface area contributed by atoms with Gasteiger partial charge in [-0.1, -0.05) is 84.1 Å². The van der Waals surface area contributed by atoms with Gasteiger partial charge in [-0.25, -0.2) is 36.1 Å². The third kappa shape index (κ3) is 24.9. The summed E-state index contributed by atoms with van der Waals surface area (Å²) >= 11 is 0. The van der Waals surface area contributed by atoms with Crippen LogP contribution in [0, 0.1) is 6.92 Å². The minimum atomic E-state index is -4.49. The number of carbonyl (C=O) groups is 2. The minimum absolute atomic E-state index is 0.0243. The van der Waals surface area contributed by atoms with E-state index in [0.29, 0.717) is 29.7 Å². The first-order valence-electron chi connectivity index (χ1n) is 34.5. The van der Waals surface area contributed by atoms with Gasteiger partial charge in [0.1, 0.15) is 24.2 Å². The SMILES string of the molecule is CCCN1c2ccc3c(S(=O)(=O)N(C)CCCC(=O)NC(C)C(=O)NCc4cc5c(nc4CCCCCC[C@@H](C)c4cnc(C)nc4)NCCC5)cccc3c2C(C)(C)C1CCCCCC1=[N+](CCCS(=O)(=O)[O-])c2ccc3ccc(S(=O)(=O)O)cc3c2C1(C)C.O=C=O.O=S(=O)=O.O=S(=O)=O.O=S(=O)=O. The van der Waals surface area contributed by atoms with Crippen LogP contribution in [0.1, 0.15) is 190 Å². The van der Waals surface area contributed by atoms with Crippen LogP contribution in [-0.2, 0) is 111 Å². The second-order valence-corrected chi connectivity index (χ2v) is 33.4.